The zero-order valence-electron chi connectivity index (χ0n) is 12.6. The molecule has 120 valence electrons. The number of halogens is 2. The van der Waals surface area contributed by atoms with Gasteiger partial charge in [-0.15, -0.1) is 0 Å². The van der Waals surface area contributed by atoms with E-state index in [0.717, 1.165) is 5.56 Å². The van der Waals surface area contributed by atoms with Gasteiger partial charge >= 0.3 is 0 Å². The fourth-order valence-electron chi connectivity index (χ4n) is 2.37. The van der Waals surface area contributed by atoms with Gasteiger partial charge in [0, 0.05) is 13.1 Å². The van der Waals surface area contributed by atoms with Crippen LogP contribution in [0.5, 0.6) is 0 Å². The van der Waals surface area contributed by atoms with Crippen molar-refractivity contribution in [1.29, 1.82) is 5.26 Å². The van der Waals surface area contributed by atoms with Gasteiger partial charge in [0.15, 0.2) is 0 Å². The molecule has 3 nitrogen and oxygen atoms in total. The summed E-state index contributed by atoms with van der Waals surface area (Å²) in [6.45, 7) is 0.0475. The van der Waals surface area contributed by atoms with Crippen LogP contribution in [0.3, 0.4) is 0 Å². The molecule has 0 spiro atoms. The van der Waals surface area contributed by atoms with Gasteiger partial charge in [-0.05, 0) is 23.3 Å². The van der Waals surface area contributed by atoms with Crippen LogP contribution >= 0.6 is 0 Å². The number of nitriles is 1. The molecule has 0 fully saturated rings. The van der Waals surface area contributed by atoms with Crippen LogP contribution in [-0.2, 0) is 6.54 Å². The highest BCUT2D eigenvalue weighted by atomic mass is 19.3. The Morgan fingerprint density at radius 3 is 2.22 bits per heavy atom. The minimum absolute atomic E-state index is 0.102. The number of rotatable bonds is 7. The first-order valence-electron chi connectivity index (χ1n) is 7.31. The molecule has 0 bridgehead atoms. The van der Waals surface area contributed by atoms with Crippen LogP contribution in [0.1, 0.15) is 22.8 Å². The Morgan fingerprint density at radius 2 is 1.65 bits per heavy atom. The molecule has 0 saturated heterocycles. The smallest absolute Gasteiger partial charge is 0.251 e. The second-order valence-electron chi connectivity index (χ2n) is 5.32. The predicted octanol–water partition coefficient (Wildman–Crippen LogP) is 3.36. The van der Waals surface area contributed by atoms with E-state index in [2.05, 4.69) is 0 Å². The van der Waals surface area contributed by atoms with Crippen molar-refractivity contribution in [2.45, 2.75) is 19.1 Å². The highest BCUT2D eigenvalue weighted by Crippen LogP contribution is 2.17. The van der Waals surface area contributed by atoms with Crippen LogP contribution in [0, 0.1) is 11.3 Å². The molecule has 0 heterocycles. The van der Waals surface area contributed by atoms with Crippen LogP contribution in [0.2, 0.25) is 0 Å². The molecular formula is C18H18F2N2O. The van der Waals surface area contributed by atoms with Gasteiger partial charge in [-0.1, -0.05) is 42.5 Å². The molecule has 0 aliphatic rings. The first kappa shape index (κ1) is 17.1. The lowest BCUT2D eigenvalue weighted by Gasteiger charge is -2.25. The molecule has 0 amide bonds. The minimum Gasteiger partial charge on any atom is -0.387 e. The summed E-state index contributed by atoms with van der Waals surface area (Å²) >= 11 is 0. The summed E-state index contributed by atoms with van der Waals surface area (Å²) < 4.78 is 25.6. The minimum atomic E-state index is -2.47. The first-order chi connectivity index (χ1) is 11.1. The number of hydrogen-bond donors (Lipinski definition) is 1. The van der Waals surface area contributed by atoms with Gasteiger partial charge in [-0.25, -0.2) is 8.78 Å². The highest BCUT2D eigenvalue weighted by molar-refractivity contribution is 5.32. The fourth-order valence-corrected chi connectivity index (χ4v) is 2.37. The van der Waals surface area contributed by atoms with Crippen molar-refractivity contribution >= 4 is 0 Å². The van der Waals surface area contributed by atoms with E-state index >= 15 is 0 Å². The average molecular weight is 316 g/mol. The lowest BCUT2D eigenvalue weighted by molar-refractivity contribution is 0.0506. The molecule has 23 heavy (non-hydrogen) atoms. The molecule has 2 rings (SSSR count). The van der Waals surface area contributed by atoms with E-state index in [1.165, 1.54) is 4.90 Å². The SMILES string of the molecule is N#Cc1ccc(C(O)CN(Cc2ccccc2)CC(F)F)cc1. The van der Waals surface area contributed by atoms with E-state index in [1.54, 1.807) is 24.3 Å². The summed E-state index contributed by atoms with van der Waals surface area (Å²) in [5.41, 5.74) is 2.02. The molecule has 5 heteroatoms. The summed E-state index contributed by atoms with van der Waals surface area (Å²) in [5.74, 6) is 0. The Kier molecular flexibility index (Phi) is 6.21. The molecule has 0 aliphatic heterocycles. The predicted molar refractivity (Wildman–Crippen MR) is 83.8 cm³/mol. The number of aliphatic hydroxyl groups is 1. The van der Waals surface area contributed by atoms with Gasteiger partial charge in [-0.2, -0.15) is 5.26 Å². The van der Waals surface area contributed by atoms with E-state index < -0.39 is 19.1 Å². The largest absolute Gasteiger partial charge is 0.387 e. The molecule has 0 aromatic heterocycles. The third kappa shape index (κ3) is 5.44. The monoisotopic (exact) mass is 316 g/mol. The lowest BCUT2D eigenvalue weighted by atomic mass is 10.1. The normalized spacial score (nSPS) is 12.3. The van der Waals surface area contributed by atoms with Gasteiger partial charge in [0.05, 0.1) is 24.3 Å². The van der Waals surface area contributed by atoms with Crippen LogP contribution in [0.15, 0.2) is 54.6 Å². The van der Waals surface area contributed by atoms with Crippen LogP contribution in [0.4, 0.5) is 8.78 Å². The number of nitrogens with zero attached hydrogens (tertiary/aromatic N) is 2. The van der Waals surface area contributed by atoms with Gasteiger partial charge in [-0.3, -0.25) is 4.90 Å². The Labute approximate surface area is 134 Å². The van der Waals surface area contributed by atoms with Gasteiger partial charge in [0.2, 0.25) is 0 Å². The van der Waals surface area contributed by atoms with Gasteiger partial charge < -0.3 is 5.11 Å². The fraction of sp³-hybridized carbons (Fsp3) is 0.278. The zero-order chi connectivity index (χ0) is 16.7. The molecule has 0 radical (unpaired) electrons. The van der Waals surface area contributed by atoms with Crippen molar-refractivity contribution in [2.24, 2.45) is 0 Å². The van der Waals surface area contributed by atoms with Gasteiger partial charge in [0.25, 0.3) is 6.43 Å². The Balaban J connectivity index is 2.05. The second-order valence-corrected chi connectivity index (χ2v) is 5.32. The number of aliphatic hydroxyl groups excluding tert-OH is 1. The lowest BCUT2D eigenvalue weighted by Crippen LogP contribution is -2.32. The molecule has 0 aliphatic carbocycles. The molecule has 1 N–H and O–H groups in total. The molecule has 0 saturated carbocycles. The summed E-state index contributed by atoms with van der Waals surface area (Å²) in [5, 5.41) is 19.0. The number of benzene rings is 2. The van der Waals surface area contributed by atoms with Crippen LogP contribution in [-0.4, -0.2) is 29.5 Å². The number of hydrogen-bond acceptors (Lipinski definition) is 3. The van der Waals surface area contributed by atoms with Crippen molar-refractivity contribution in [3.8, 4) is 6.07 Å². The summed E-state index contributed by atoms with van der Waals surface area (Å²) in [4.78, 5) is 1.53. The van der Waals surface area contributed by atoms with Crippen molar-refractivity contribution < 1.29 is 13.9 Å². The third-order valence-electron chi connectivity index (χ3n) is 3.50. The summed E-state index contributed by atoms with van der Waals surface area (Å²) in [6.07, 6.45) is -3.35. The Morgan fingerprint density at radius 1 is 1.00 bits per heavy atom. The molecular weight excluding hydrogens is 298 g/mol. The van der Waals surface area contributed by atoms with E-state index in [0.29, 0.717) is 17.7 Å². The number of alkyl halides is 2. The maximum absolute atomic E-state index is 12.8. The topological polar surface area (TPSA) is 47.3 Å². The maximum atomic E-state index is 12.8. The van der Waals surface area contributed by atoms with Crippen molar-refractivity contribution in [3.63, 3.8) is 0 Å². The van der Waals surface area contributed by atoms with Crippen LogP contribution in [0.25, 0.3) is 0 Å². The summed E-state index contributed by atoms with van der Waals surface area (Å²) in [7, 11) is 0. The van der Waals surface area contributed by atoms with E-state index in [9.17, 15) is 13.9 Å². The van der Waals surface area contributed by atoms with Crippen LogP contribution < -0.4 is 0 Å². The van der Waals surface area contributed by atoms with E-state index in [1.807, 2.05) is 36.4 Å². The van der Waals surface area contributed by atoms with Crippen molar-refractivity contribution in [3.05, 3.63) is 71.3 Å². The highest BCUT2D eigenvalue weighted by Gasteiger charge is 2.17. The van der Waals surface area contributed by atoms with Crippen molar-refractivity contribution in [1.82, 2.24) is 4.90 Å². The average Bonchev–Trinajstić information content (AvgIpc) is 2.55. The first-order valence-corrected chi connectivity index (χ1v) is 7.31. The molecule has 2 aromatic carbocycles. The van der Waals surface area contributed by atoms with E-state index in [4.69, 9.17) is 5.26 Å². The standard InChI is InChI=1S/C18H18F2N2O/c19-18(20)13-22(11-15-4-2-1-3-5-15)12-17(23)16-8-6-14(10-21)7-9-16/h1-9,17-18,23H,11-13H2. The molecule has 2 aromatic rings. The summed E-state index contributed by atoms with van der Waals surface area (Å²) in [6, 6.07) is 17.8. The quantitative estimate of drug-likeness (QED) is 0.852. The third-order valence-corrected chi connectivity index (χ3v) is 3.50. The Bertz CT molecular complexity index is 638. The van der Waals surface area contributed by atoms with Gasteiger partial charge in [0.1, 0.15) is 0 Å². The Hall–Kier alpha value is -2.29. The van der Waals surface area contributed by atoms with E-state index in [-0.39, 0.29) is 6.54 Å². The molecule has 1 atom stereocenters. The maximum Gasteiger partial charge on any atom is 0.251 e. The second kappa shape index (κ2) is 8.37. The zero-order valence-corrected chi connectivity index (χ0v) is 12.6. The van der Waals surface area contributed by atoms with Crippen molar-refractivity contribution in [2.75, 3.05) is 13.1 Å². The molecule has 1 unspecified atom stereocenters.